The van der Waals surface area contributed by atoms with Gasteiger partial charge in [-0.05, 0) is 37.6 Å². The quantitative estimate of drug-likeness (QED) is 0.764. The first kappa shape index (κ1) is 11.3. The zero-order chi connectivity index (χ0) is 11.3. The second-order valence-corrected chi connectivity index (χ2v) is 3.47. The Morgan fingerprint density at radius 2 is 1.93 bits per heavy atom. The maximum absolute atomic E-state index is 10.5. The topological polar surface area (TPSA) is 52.3 Å². The maximum atomic E-state index is 10.5. The number of rotatable bonds is 4. The standard InChI is InChI=1S/C12H15NO2/c1-9(2)15-11-6-3-10(4-7-11)5-8-12(13)14/h3-9H,1-2H3,(H2,13,14)/b8-5+. The summed E-state index contributed by atoms with van der Waals surface area (Å²) in [5.74, 6) is 0.374. The normalized spacial score (nSPS) is 10.9. The Morgan fingerprint density at radius 1 is 1.33 bits per heavy atom. The molecule has 1 amide bonds. The van der Waals surface area contributed by atoms with Crippen LogP contribution in [-0.4, -0.2) is 12.0 Å². The molecule has 1 aromatic rings. The average molecular weight is 205 g/mol. The fourth-order valence-corrected chi connectivity index (χ4v) is 1.11. The van der Waals surface area contributed by atoms with Gasteiger partial charge in [-0.25, -0.2) is 0 Å². The fourth-order valence-electron chi connectivity index (χ4n) is 1.11. The van der Waals surface area contributed by atoms with Crippen LogP contribution >= 0.6 is 0 Å². The number of hydrogen-bond acceptors (Lipinski definition) is 2. The fraction of sp³-hybridized carbons (Fsp3) is 0.250. The second-order valence-electron chi connectivity index (χ2n) is 3.47. The van der Waals surface area contributed by atoms with Gasteiger partial charge in [-0.3, -0.25) is 4.79 Å². The van der Waals surface area contributed by atoms with Crippen molar-refractivity contribution in [1.82, 2.24) is 0 Å². The van der Waals surface area contributed by atoms with Crippen LogP contribution in [0.25, 0.3) is 6.08 Å². The molecule has 0 aliphatic heterocycles. The van der Waals surface area contributed by atoms with Gasteiger partial charge >= 0.3 is 0 Å². The molecule has 1 aromatic carbocycles. The minimum Gasteiger partial charge on any atom is -0.491 e. The Hall–Kier alpha value is -1.77. The molecular weight excluding hydrogens is 190 g/mol. The third kappa shape index (κ3) is 4.31. The smallest absolute Gasteiger partial charge is 0.241 e. The highest BCUT2D eigenvalue weighted by atomic mass is 16.5. The van der Waals surface area contributed by atoms with Crippen LogP contribution in [0.5, 0.6) is 5.75 Å². The SMILES string of the molecule is CC(C)Oc1ccc(/C=C/C(N)=O)cc1. The van der Waals surface area contributed by atoms with Gasteiger partial charge in [0.15, 0.2) is 0 Å². The van der Waals surface area contributed by atoms with Crippen LogP contribution in [0.2, 0.25) is 0 Å². The van der Waals surface area contributed by atoms with Gasteiger partial charge in [0.1, 0.15) is 5.75 Å². The van der Waals surface area contributed by atoms with Crippen molar-refractivity contribution in [2.75, 3.05) is 0 Å². The summed E-state index contributed by atoms with van der Waals surface area (Å²) in [6.07, 6.45) is 3.16. The van der Waals surface area contributed by atoms with Crippen molar-refractivity contribution in [3.63, 3.8) is 0 Å². The Morgan fingerprint density at radius 3 is 2.40 bits per heavy atom. The summed E-state index contributed by atoms with van der Waals surface area (Å²) in [7, 11) is 0. The van der Waals surface area contributed by atoms with Gasteiger partial charge in [-0.1, -0.05) is 12.1 Å². The molecule has 0 saturated heterocycles. The Balaban J connectivity index is 2.68. The Labute approximate surface area is 89.5 Å². The lowest BCUT2D eigenvalue weighted by atomic mass is 10.2. The Kier molecular flexibility index (Phi) is 3.92. The summed E-state index contributed by atoms with van der Waals surface area (Å²) >= 11 is 0. The number of carbonyl (C=O) groups is 1. The lowest BCUT2D eigenvalue weighted by Gasteiger charge is -2.09. The molecule has 0 unspecified atom stereocenters. The van der Waals surface area contributed by atoms with E-state index < -0.39 is 5.91 Å². The third-order valence-corrected chi connectivity index (χ3v) is 1.69. The van der Waals surface area contributed by atoms with Crippen molar-refractivity contribution < 1.29 is 9.53 Å². The van der Waals surface area contributed by atoms with Crippen molar-refractivity contribution in [1.29, 1.82) is 0 Å². The molecule has 80 valence electrons. The van der Waals surface area contributed by atoms with Crippen LogP contribution in [0.15, 0.2) is 30.3 Å². The molecule has 0 saturated carbocycles. The molecule has 0 heterocycles. The van der Waals surface area contributed by atoms with Crippen LogP contribution in [0, 0.1) is 0 Å². The molecule has 0 fully saturated rings. The van der Waals surface area contributed by atoms with Crippen LogP contribution in [0.3, 0.4) is 0 Å². The predicted octanol–water partition coefficient (Wildman–Crippen LogP) is 1.97. The molecule has 0 spiro atoms. The number of primary amides is 1. The second kappa shape index (κ2) is 5.20. The van der Waals surface area contributed by atoms with E-state index in [-0.39, 0.29) is 6.10 Å². The zero-order valence-electron chi connectivity index (χ0n) is 8.94. The molecule has 3 heteroatoms. The van der Waals surface area contributed by atoms with Crippen molar-refractivity contribution in [3.05, 3.63) is 35.9 Å². The number of nitrogens with two attached hydrogens (primary N) is 1. The number of carbonyl (C=O) groups excluding carboxylic acids is 1. The van der Waals surface area contributed by atoms with Crippen LogP contribution < -0.4 is 10.5 Å². The van der Waals surface area contributed by atoms with Gasteiger partial charge in [0.2, 0.25) is 5.91 Å². The molecule has 0 bridgehead atoms. The van der Waals surface area contributed by atoms with E-state index in [1.54, 1.807) is 6.08 Å². The number of benzene rings is 1. The lowest BCUT2D eigenvalue weighted by molar-refractivity contribution is -0.113. The first-order valence-corrected chi connectivity index (χ1v) is 4.82. The molecule has 0 aliphatic rings. The number of hydrogen-bond donors (Lipinski definition) is 1. The van der Waals surface area contributed by atoms with E-state index in [9.17, 15) is 4.79 Å². The van der Waals surface area contributed by atoms with Gasteiger partial charge in [0, 0.05) is 6.08 Å². The molecule has 0 aliphatic carbocycles. The summed E-state index contributed by atoms with van der Waals surface area (Å²) in [5.41, 5.74) is 5.91. The van der Waals surface area contributed by atoms with E-state index in [0.29, 0.717) is 0 Å². The summed E-state index contributed by atoms with van der Waals surface area (Å²) < 4.78 is 5.48. The maximum Gasteiger partial charge on any atom is 0.241 e. The van der Waals surface area contributed by atoms with Crippen molar-refractivity contribution in [2.45, 2.75) is 20.0 Å². The summed E-state index contributed by atoms with van der Waals surface area (Å²) in [4.78, 5) is 10.5. The summed E-state index contributed by atoms with van der Waals surface area (Å²) in [6.45, 7) is 3.95. The van der Waals surface area contributed by atoms with E-state index in [2.05, 4.69) is 0 Å². The molecule has 2 N–H and O–H groups in total. The van der Waals surface area contributed by atoms with Crippen LogP contribution in [0.4, 0.5) is 0 Å². The van der Waals surface area contributed by atoms with Crippen LogP contribution in [0.1, 0.15) is 19.4 Å². The highest BCUT2D eigenvalue weighted by Crippen LogP contribution is 2.14. The summed E-state index contributed by atoms with van der Waals surface area (Å²) in [5, 5.41) is 0. The Bertz CT molecular complexity index is 352. The number of ether oxygens (including phenoxy) is 1. The van der Waals surface area contributed by atoms with E-state index in [4.69, 9.17) is 10.5 Å². The largest absolute Gasteiger partial charge is 0.491 e. The zero-order valence-corrected chi connectivity index (χ0v) is 8.94. The first-order valence-electron chi connectivity index (χ1n) is 4.82. The van der Waals surface area contributed by atoms with Gasteiger partial charge in [0.05, 0.1) is 6.10 Å². The summed E-state index contributed by atoms with van der Waals surface area (Å²) in [6, 6.07) is 7.47. The lowest BCUT2D eigenvalue weighted by Crippen LogP contribution is -2.05. The molecular formula is C12H15NO2. The van der Waals surface area contributed by atoms with Crippen molar-refractivity contribution in [2.24, 2.45) is 5.73 Å². The molecule has 1 rings (SSSR count). The molecule has 0 aromatic heterocycles. The highest BCUT2D eigenvalue weighted by Gasteiger charge is 1.96. The van der Waals surface area contributed by atoms with Gasteiger partial charge in [-0.2, -0.15) is 0 Å². The van der Waals surface area contributed by atoms with Crippen molar-refractivity contribution in [3.8, 4) is 5.75 Å². The minimum atomic E-state index is -0.447. The van der Waals surface area contributed by atoms with Gasteiger partial charge in [-0.15, -0.1) is 0 Å². The first-order chi connectivity index (χ1) is 7.08. The van der Waals surface area contributed by atoms with Gasteiger partial charge in [0.25, 0.3) is 0 Å². The molecule has 0 atom stereocenters. The average Bonchev–Trinajstić information content (AvgIpc) is 2.16. The predicted molar refractivity (Wildman–Crippen MR) is 60.4 cm³/mol. The third-order valence-electron chi connectivity index (χ3n) is 1.69. The van der Waals surface area contributed by atoms with Gasteiger partial charge < -0.3 is 10.5 Å². The van der Waals surface area contributed by atoms with E-state index in [1.807, 2.05) is 38.1 Å². The molecule has 3 nitrogen and oxygen atoms in total. The van der Waals surface area contributed by atoms with E-state index >= 15 is 0 Å². The van der Waals surface area contributed by atoms with Crippen LogP contribution in [-0.2, 0) is 4.79 Å². The molecule has 0 radical (unpaired) electrons. The number of amides is 1. The monoisotopic (exact) mass is 205 g/mol. The highest BCUT2D eigenvalue weighted by molar-refractivity contribution is 5.90. The van der Waals surface area contributed by atoms with E-state index in [1.165, 1.54) is 6.08 Å². The van der Waals surface area contributed by atoms with Crippen molar-refractivity contribution >= 4 is 12.0 Å². The molecule has 15 heavy (non-hydrogen) atoms. The van der Waals surface area contributed by atoms with E-state index in [0.717, 1.165) is 11.3 Å². The minimum absolute atomic E-state index is 0.164.